The van der Waals surface area contributed by atoms with Crippen molar-refractivity contribution in [1.29, 1.82) is 0 Å². The molecular formula is C23H26N2O4. The van der Waals surface area contributed by atoms with E-state index in [1.807, 2.05) is 32.9 Å². The molecule has 29 heavy (non-hydrogen) atoms. The lowest BCUT2D eigenvalue weighted by Crippen LogP contribution is -2.35. The molecule has 0 unspecified atom stereocenters. The number of imide groups is 1. The molecule has 0 aliphatic carbocycles. The maximum Gasteiger partial charge on any atom is 0.282 e. The van der Waals surface area contributed by atoms with Crippen LogP contribution in [0, 0.1) is 13.8 Å². The fourth-order valence-corrected chi connectivity index (χ4v) is 3.38. The molecule has 6 heteroatoms. The highest BCUT2D eigenvalue weighted by Crippen LogP contribution is 2.35. The summed E-state index contributed by atoms with van der Waals surface area (Å²) < 4.78 is 5.48. The van der Waals surface area contributed by atoms with Crippen LogP contribution in [-0.2, 0) is 9.59 Å². The highest BCUT2D eigenvalue weighted by Gasteiger charge is 2.41. The molecule has 1 heterocycles. The molecular weight excluding hydrogens is 368 g/mol. The first-order valence-corrected chi connectivity index (χ1v) is 9.64. The Balaban J connectivity index is 2.08. The molecule has 0 saturated heterocycles. The molecule has 2 amide bonds. The van der Waals surface area contributed by atoms with Gasteiger partial charge in [0.2, 0.25) is 0 Å². The van der Waals surface area contributed by atoms with Crippen molar-refractivity contribution < 1.29 is 19.4 Å². The molecule has 3 rings (SSSR count). The van der Waals surface area contributed by atoms with Gasteiger partial charge in [-0.1, -0.05) is 18.2 Å². The van der Waals surface area contributed by atoms with Gasteiger partial charge >= 0.3 is 0 Å². The lowest BCUT2D eigenvalue weighted by atomic mass is 10.0. The standard InChI is InChI=1S/C23H26N2O4/c1-5-29-19-10-7-17(8-11-19)20-21(24(4)12-13-26)23(28)25(22(20)27)18-9-6-15(2)16(3)14-18/h6-11,14,26H,5,12-13H2,1-4H3. The van der Waals surface area contributed by atoms with Gasteiger partial charge in [-0.15, -0.1) is 0 Å². The normalized spacial score (nSPS) is 14.0. The minimum absolute atomic E-state index is 0.123. The fraction of sp³-hybridized carbons (Fsp3) is 0.304. The molecule has 0 radical (unpaired) electrons. The molecule has 0 spiro atoms. The number of ether oxygens (including phenoxy) is 1. The van der Waals surface area contributed by atoms with Crippen LogP contribution in [0.5, 0.6) is 5.75 Å². The number of hydrogen-bond acceptors (Lipinski definition) is 5. The number of aliphatic hydroxyl groups excluding tert-OH is 1. The Morgan fingerprint density at radius 3 is 2.28 bits per heavy atom. The highest BCUT2D eigenvalue weighted by atomic mass is 16.5. The molecule has 0 fully saturated rings. The molecule has 2 aromatic carbocycles. The molecule has 1 aliphatic heterocycles. The van der Waals surface area contributed by atoms with Gasteiger partial charge in [-0.2, -0.15) is 0 Å². The summed E-state index contributed by atoms with van der Waals surface area (Å²) >= 11 is 0. The molecule has 6 nitrogen and oxygen atoms in total. The summed E-state index contributed by atoms with van der Waals surface area (Å²) in [7, 11) is 1.70. The van der Waals surface area contributed by atoms with E-state index in [1.54, 1.807) is 42.3 Å². The van der Waals surface area contributed by atoms with E-state index < -0.39 is 5.91 Å². The molecule has 0 atom stereocenters. The number of carbonyl (C=O) groups excluding carboxylic acids is 2. The van der Waals surface area contributed by atoms with Crippen LogP contribution in [0.3, 0.4) is 0 Å². The van der Waals surface area contributed by atoms with E-state index in [9.17, 15) is 14.7 Å². The SMILES string of the molecule is CCOc1ccc(C2=C(N(C)CCO)C(=O)N(c3ccc(C)c(C)c3)C2=O)cc1. The number of benzene rings is 2. The smallest absolute Gasteiger partial charge is 0.282 e. The van der Waals surface area contributed by atoms with E-state index in [0.29, 0.717) is 29.2 Å². The molecule has 0 aromatic heterocycles. The summed E-state index contributed by atoms with van der Waals surface area (Å²) in [5, 5.41) is 9.36. The Morgan fingerprint density at radius 1 is 1.00 bits per heavy atom. The summed E-state index contributed by atoms with van der Waals surface area (Å²) in [5.41, 5.74) is 3.88. The number of hydrogen-bond donors (Lipinski definition) is 1. The number of aliphatic hydroxyl groups is 1. The molecule has 2 aromatic rings. The lowest BCUT2D eigenvalue weighted by Gasteiger charge is -2.20. The van der Waals surface area contributed by atoms with Crippen molar-refractivity contribution in [2.45, 2.75) is 20.8 Å². The Morgan fingerprint density at radius 2 is 1.69 bits per heavy atom. The van der Waals surface area contributed by atoms with Gasteiger partial charge in [-0.25, -0.2) is 4.90 Å². The Labute approximate surface area is 171 Å². The number of carbonyl (C=O) groups is 2. The van der Waals surface area contributed by atoms with E-state index in [1.165, 1.54) is 4.90 Å². The van der Waals surface area contributed by atoms with Crippen molar-refractivity contribution in [2.24, 2.45) is 0 Å². The summed E-state index contributed by atoms with van der Waals surface area (Å²) in [6.45, 7) is 6.50. The first-order valence-electron chi connectivity index (χ1n) is 9.64. The van der Waals surface area contributed by atoms with Crippen LogP contribution in [0.1, 0.15) is 23.6 Å². The van der Waals surface area contributed by atoms with Crippen LogP contribution in [0.2, 0.25) is 0 Å². The van der Waals surface area contributed by atoms with Crippen molar-refractivity contribution >= 4 is 23.1 Å². The predicted octanol–water partition coefficient (Wildman–Crippen LogP) is 2.91. The van der Waals surface area contributed by atoms with Gasteiger partial charge in [0.25, 0.3) is 11.8 Å². The van der Waals surface area contributed by atoms with Crippen molar-refractivity contribution in [3.05, 3.63) is 64.9 Å². The Bertz CT molecular complexity index is 963. The van der Waals surface area contributed by atoms with E-state index in [2.05, 4.69) is 0 Å². The minimum Gasteiger partial charge on any atom is -0.494 e. The Kier molecular flexibility index (Phi) is 6.03. The third kappa shape index (κ3) is 3.89. The number of likely N-dealkylation sites (N-methyl/N-ethyl adjacent to an activating group) is 1. The second kappa shape index (κ2) is 8.49. The maximum absolute atomic E-state index is 13.4. The van der Waals surface area contributed by atoms with Crippen molar-refractivity contribution in [2.75, 3.05) is 31.7 Å². The minimum atomic E-state index is -0.391. The van der Waals surface area contributed by atoms with Crippen LogP contribution in [0.25, 0.3) is 5.57 Å². The zero-order valence-corrected chi connectivity index (χ0v) is 17.2. The van der Waals surface area contributed by atoms with Crippen LogP contribution in [-0.4, -0.2) is 48.6 Å². The first kappa shape index (κ1) is 20.6. The lowest BCUT2D eigenvalue weighted by molar-refractivity contribution is -0.120. The number of rotatable bonds is 7. The molecule has 1 N–H and O–H groups in total. The average Bonchev–Trinajstić information content (AvgIpc) is 2.95. The Hall–Kier alpha value is -3.12. The summed E-state index contributed by atoms with van der Waals surface area (Å²) in [4.78, 5) is 29.5. The third-order valence-electron chi connectivity index (χ3n) is 5.08. The summed E-state index contributed by atoms with van der Waals surface area (Å²) in [6, 6.07) is 12.7. The van der Waals surface area contributed by atoms with Crippen LogP contribution < -0.4 is 9.64 Å². The van der Waals surface area contributed by atoms with Gasteiger partial charge in [-0.05, 0) is 61.7 Å². The second-order valence-corrected chi connectivity index (χ2v) is 7.04. The monoisotopic (exact) mass is 394 g/mol. The second-order valence-electron chi connectivity index (χ2n) is 7.04. The molecule has 0 saturated carbocycles. The first-order chi connectivity index (χ1) is 13.9. The van der Waals surface area contributed by atoms with Crippen LogP contribution in [0.15, 0.2) is 48.2 Å². The van der Waals surface area contributed by atoms with E-state index >= 15 is 0 Å². The van der Waals surface area contributed by atoms with Crippen LogP contribution >= 0.6 is 0 Å². The largest absolute Gasteiger partial charge is 0.494 e. The van der Waals surface area contributed by atoms with E-state index in [4.69, 9.17) is 4.74 Å². The zero-order valence-electron chi connectivity index (χ0n) is 17.2. The average molecular weight is 394 g/mol. The van der Waals surface area contributed by atoms with Gasteiger partial charge in [0.15, 0.2) is 0 Å². The van der Waals surface area contributed by atoms with Gasteiger partial charge in [-0.3, -0.25) is 9.59 Å². The van der Waals surface area contributed by atoms with Crippen molar-refractivity contribution in [3.8, 4) is 5.75 Å². The maximum atomic E-state index is 13.4. The topological polar surface area (TPSA) is 70.1 Å². The van der Waals surface area contributed by atoms with Crippen molar-refractivity contribution in [1.82, 2.24) is 4.90 Å². The number of anilines is 1. The zero-order chi connectivity index (χ0) is 21.1. The molecule has 0 bridgehead atoms. The van der Waals surface area contributed by atoms with Gasteiger partial charge in [0.1, 0.15) is 11.4 Å². The van der Waals surface area contributed by atoms with E-state index in [-0.39, 0.29) is 24.8 Å². The van der Waals surface area contributed by atoms with Gasteiger partial charge < -0.3 is 14.7 Å². The molecule has 152 valence electrons. The summed E-state index contributed by atoms with van der Waals surface area (Å²) in [5.74, 6) is -0.0646. The van der Waals surface area contributed by atoms with Crippen molar-refractivity contribution in [3.63, 3.8) is 0 Å². The van der Waals surface area contributed by atoms with Gasteiger partial charge in [0.05, 0.1) is 24.5 Å². The fourth-order valence-electron chi connectivity index (χ4n) is 3.38. The quantitative estimate of drug-likeness (QED) is 0.732. The predicted molar refractivity (Wildman–Crippen MR) is 113 cm³/mol. The highest BCUT2D eigenvalue weighted by molar-refractivity contribution is 6.45. The van der Waals surface area contributed by atoms with Gasteiger partial charge in [0, 0.05) is 13.6 Å². The number of aryl methyl sites for hydroxylation is 2. The van der Waals surface area contributed by atoms with E-state index in [0.717, 1.165) is 11.1 Å². The van der Waals surface area contributed by atoms with Crippen LogP contribution in [0.4, 0.5) is 5.69 Å². The molecule has 1 aliphatic rings. The number of amides is 2. The number of nitrogens with zero attached hydrogens (tertiary/aromatic N) is 2. The summed E-state index contributed by atoms with van der Waals surface area (Å²) in [6.07, 6.45) is 0. The third-order valence-corrected chi connectivity index (χ3v) is 5.08.